The molecule has 0 radical (unpaired) electrons. The van der Waals surface area contributed by atoms with Crippen molar-refractivity contribution >= 4 is 17.4 Å². The van der Waals surface area contributed by atoms with Crippen molar-refractivity contribution in [2.75, 3.05) is 5.32 Å². The summed E-state index contributed by atoms with van der Waals surface area (Å²) in [5, 5.41) is 6.31. The number of carbonyl (C=O) groups is 1. The van der Waals surface area contributed by atoms with Gasteiger partial charge in [-0.3, -0.25) is 4.79 Å². The molecule has 1 fully saturated rings. The lowest BCUT2D eigenvalue weighted by atomic mass is 10.1. The zero-order chi connectivity index (χ0) is 18.8. The minimum atomic E-state index is -0.153. The van der Waals surface area contributed by atoms with E-state index in [1.54, 1.807) is 6.07 Å². The highest BCUT2D eigenvalue weighted by molar-refractivity contribution is 5.94. The maximum Gasteiger partial charge on any atom is 0.270 e. The van der Waals surface area contributed by atoms with E-state index in [0.717, 1.165) is 24.1 Å². The predicted molar refractivity (Wildman–Crippen MR) is 107 cm³/mol. The molecule has 5 heteroatoms. The summed E-state index contributed by atoms with van der Waals surface area (Å²) >= 11 is 0. The minimum absolute atomic E-state index is 0.153. The summed E-state index contributed by atoms with van der Waals surface area (Å²) in [6, 6.07) is 17.8. The first kappa shape index (κ1) is 17.2. The molecule has 1 amide bonds. The average molecular weight is 358 g/mol. The van der Waals surface area contributed by atoms with Gasteiger partial charge in [0.15, 0.2) is 5.82 Å². The normalized spacial score (nSPS) is 13.3. The number of hydrogen-bond acceptors (Lipinski definition) is 4. The Kier molecular flexibility index (Phi) is 4.59. The number of benzene rings is 2. The van der Waals surface area contributed by atoms with Crippen molar-refractivity contribution in [1.29, 1.82) is 0 Å². The maximum atomic E-state index is 12.6. The molecule has 2 aromatic carbocycles. The first-order valence-corrected chi connectivity index (χ1v) is 9.18. The lowest BCUT2D eigenvalue weighted by Gasteiger charge is -2.11. The summed E-state index contributed by atoms with van der Waals surface area (Å²) in [6.07, 6.45) is 2.08. The molecule has 0 unspecified atom stereocenters. The van der Waals surface area contributed by atoms with Gasteiger partial charge in [-0.05, 0) is 49.9 Å². The number of nitrogens with zero attached hydrogens (tertiary/aromatic N) is 2. The number of aryl methyl sites for hydroxylation is 2. The summed E-state index contributed by atoms with van der Waals surface area (Å²) < 4.78 is 0. The molecule has 2 N–H and O–H groups in total. The van der Waals surface area contributed by atoms with E-state index in [4.69, 9.17) is 0 Å². The second-order valence-electron chi connectivity index (χ2n) is 7.00. The van der Waals surface area contributed by atoms with E-state index in [1.807, 2.05) is 36.4 Å². The summed E-state index contributed by atoms with van der Waals surface area (Å²) in [5.74, 6) is 0.985. The van der Waals surface area contributed by atoms with Crippen LogP contribution in [0.1, 0.15) is 34.5 Å². The van der Waals surface area contributed by atoms with E-state index in [-0.39, 0.29) is 11.9 Å². The maximum absolute atomic E-state index is 12.6. The highest BCUT2D eigenvalue weighted by Crippen LogP contribution is 2.23. The molecule has 5 nitrogen and oxygen atoms in total. The highest BCUT2D eigenvalue weighted by atomic mass is 16.2. The molecule has 1 heterocycles. The molecule has 0 aliphatic heterocycles. The van der Waals surface area contributed by atoms with Gasteiger partial charge >= 0.3 is 0 Å². The van der Waals surface area contributed by atoms with Crippen molar-refractivity contribution in [3.05, 3.63) is 71.4 Å². The molecule has 0 bridgehead atoms. The van der Waals surface area contributed by atoms with Gasteiger partial charge in [-0.1, -0.05) is 36.4 Å². The molecule has 3 aromatic rings. The zero-order valence-electron chi connectivity index (χ0n) is 15.5. The Bertz CT molecular complexity index is 981. The lowest BCUT2D eigenvalue weighted by molar-refractivity contribution is 0.0946. The van der Waals surface area contributed by atoms with Crippen LogP contribution in [0.15, 0.2) is 54.6 Å². The number of hydrogen-bond donors (Lipinski definition) is 2. The van der Waals surface area contributed by atoms with Crippen molar-refractivity contribution in [2.45, 2.75) is 32.7 Å². The van der Waals surface area contributed by atoms with Crippen molar-refractivity contribution in [2.24, 2.45) is 0 Å². The van der Waals surface area contributed by atoms with Crippen LogP contribution in [0.2, 0.25) is 0 Å². The quantitative estimate of drug-likeness (QED) is 0.709. The SMILES string of the molecule is Cc1ccc(Nc2cc(C(=O)NC3CC3)nc(-c3ccccc3)n2)cc1C. The number of anilines is 2. The molecular weight excluding hydrogens is 336 g/mol. The van der Waals surface area contributed by atoms with Crippen LogP contribution in [-0.4, -0.2) is 21.9 Å². The molecule has 1 aliphatic carbocycles. The second-order valence-corrected chi connectivity index (χ2v) is 7.00. The van der Waals surface area contributed by atoms with Gasteiger partial charge in [-0.2, -0.15) is 0 Å². The number of aromatic nitrogens is 2. The van der Waals surface area contributed by atoms with Crippen molar-refractivity contribution in [3.63, 3.8) is 0 Å². The van der Waals surface area contributed by atoms with Crippen LogP contribution in [0.4, 0.5) is 11.5 Å². The third-order valence-electron chi connectivity index (χ3n) is 4.68. The van der Waals surface area contributed by atoms with Gasteiger partial charge in [-0.25, -0.2) is 9.97 Å². The van der Waals surface area contributed by atoms with Crippen LogP contribution in [0.3, 0.4) is 0 Å². The van der Waals surface area contributed by atoms with Crippen LogP contribution in [-0.2, 0) is 0 Å². The summed E-state index contributed by atoms with van der Waals surface area (Å²) in [5.41, 5.74) is 4.62. The van der Waals surface area contributed by atoms with Crippen LogP contribution in [0.25, 0.3) is 11.4 Å². The molecule has 4 rings (SSSR count). The molecule has 0 saturated heterocycles. The summed E-state index contributed by atoms with van der Waals surface area (Å²) in [4.78, 5) is 21.7. The number of carbonyl (C=O) groups excluding carboxylic acids is 1. The molecule has 0 atom stereocenters. The first-order chi connectivity index (χ1) is 13.1. The second kappa shape index (κ2) is 7.19. The molecule has 1 aliphatic rings. The Labute approximate surface area is 158 Å². The predicted octanol–water partition coefficient (Wildman–Crippen LogP) is 4.40. The fraction of sp³-hybridized carbons (Fsp3) is 0.227. The van der Waals surface area contributed by atoms with Gasteiger partial charge in [0.2, 0.25) is 0 Å². The Morgan fingerprint density at radius 2 is 1.74 bits per heavy atom. The van der Waals surface area contributed by atoms with Gasteiger partial charge in [0.25, 0.3) is 5.91 Å². The zero-order valence-corrected chi connectivity index (χ0v) is 15.5. The number of rotatable bonds is 5. The van der Waals surface area contributed by atoms with E-state index >= 15 is 0 Å². The lowest BCUT2D eigenvalue weighted by Crippen LogP contribution is -2.26. The van der Waals surface area contributed by atoms with E-state index in [0.29, 0.717) is 17.3 Å². The van der Waals surface area contributed by atoms with Gasteiger partial charge < -0.3 is 10.6 Å². The molecule has 27 heavy (non-hydrogen) atoms. The van der Waals surface area contributed by atoms with E-state index in [2.05, 4.69) is 46.6 Å². The van der Waals surface area contributed by atoms with Crippen LogP contribution in [0, 0.1) is 13.8 Å². The molecular formula is C22H22N4O. The summed E-state index contributed by atoms with van der Waals surface area (Å²) in [6.45, 7) is 4.15. The highest BCUT2D eigenvalue weighted by Gasteiger charge is 2.25. The fourth-order valence-corrected chi connectivity index (χ4v) is 2.80. The van der Waals surface area contributed by atoms with Crippen LogP contribution in [0.5, 0.6) is 0 Å². The molecule has 1 saturated carbocycles. The molecule has 1 aromatic heterocycles. The van der Waals surface area contributed by atoms with E-state index in [1.165, 1.54) is 11.1 Å². The van der Waals surface area contributed by atoms with Gasteiger partial charge in [0.1, 0.15) is 11.5 Å². The smallest absolute Gasteiger partial charge is 0.270 e. The van der Waals surface area contributed by atoms with E-state index < -0.39 is 0 Å². The molecule has 136 valence electrons. The fourth-order valence-electron chi connectivity index (χ4n) is 2.80. The first-order valence-electron chi connectivity index (χ1n) is 9.18. The Morgan fingerprint density at radius 1 is 0.963 bits per heavy atom. The molecule has 0 spiro atoms. The largest absolute Gasteiger partial charge is 0.348 e. The number of nitrogens with one attached hydrogen (secondary N) is 2. The van der Waals surface area contributed by atoms with Gasteiger partial charge in [0, 0.05) is 23.4 Å². The monoisotopic (exact) mass is 358 g/mol. The van der Waals surface area contributed by atoms with Crippen LogP contribution >= 0.6 is 0 Å². The third kappa shape index (κ3) is 4.14. The Morgan fingerprint density at radius 3 is 2.44 bits per heavy atom. The Hall–Kier alpha value is -3.21. The summed E-state index contributed by atoms with van der Waals surface area (Å²) in [7, 11) is 0. The van der Waals surface area contributed by atoms with Crippen LogP contribution < -0.4 is 10.6 Å². The number of amides is 1. The average Bonchev–Trinajstić information content (AvgIpc) is 3.49. The standard InChI is InChI=1S/C22H22N4O/c1-14-8-9-18(12-15(14)2)23-20-13-19(22(27)24-17-10-11-17)25-21(26-20)16-6-4-3-5-7-16/h3-9,12-13,17H,10-11H2,1-2H3,(H,24,27)(H,23,25,26). The van der Waals surface area contributed by atoms with Crippen molar-refractivity contribution in [1.82, 2.24) is 15.3 Å². The van der Waals surface area contributed by atoms with Gasteiger partial charge in [-0.15, -0.1) is 0 Å². The van der Waals surface area contributed by atoms with Crippen molar-refractivity contribution < 1.29 is 4.79 Å². The minimum Gasteiger partial charge on any atom is -0.348 e. The Balaban J connectivity index is 1.70. The topological polar surface area (TPSA) is 66.9 Å². The third-order valence-corrected chi connectivity index (χ3v) is 4.68. The van der Waals surface area contributed by atoms with Crippen molar-refractivity contribution in [3.8, 4) is 11.4 Å². The van der Waals surface area contributed by atoms with Gasteiger partial charge in [0.05, 0.1) is 0 Å². The van der Waals surface area contributed by atoms with E-state index in [9.17, 15) is 4.79 Å².